The average Bonchev–Trinajstić information content (AvgIpc) is 3.35. The Morgan fingerprint density at radius 3 is 1.79 bits per heavy atom. The van der Waals surface area contributed by atoms with Crippen LogP contribution in [-0.4, -0.2) is 37.4 Å². The van der Waals surface area contributed by atoms with Gasteiger partial charge in [-0.3, -0.25) is 0 Å². The first kappa shape index (κ1) is 29.3. The molecule has 1 fully saturated rings. The summed E-state index contributed by atoms with van der Waals surface area (Å²) in [6.07, 6.45) is 0.765. The van der Waals surface area contributed by atoms with Gasteiger partial charge in [0.25, 0.3) is 0 Å². The third-order valence-electron chi connectivity index (χ3n) is 5.93. The van der Waals surface area contributed by atoms with Gasteiger partial charge in [0.1, 0.15) is 11.6 Å². The molecule has 0 radical (unpaired) electrons. The highest BCUT2D eigenvalue weighted by Gasteiger charge is 2.47. The number of carbonyl (C=O) groups is 2. The fourth-order valence-corrected chi connectivity index (χ4v) is 3.77. The second-order valence-corrected chi connectivity index (χ2v) is 9.04. The molecule has 1 heterocycles. The molecule has 8 heteroatoms. The van der Waals surface area contributed by atoms with Crippen LogP contribution in [0.4, 0.5) is 8.78 Å². The Bertz CT molecular complexity index is 1140. The van der Waals surface area contributed by atoms with E-state index in [0.717, 1.165) is 37.3 Å². The molecule has 0 bridgehead atoms. The maximum atomic E-state index is 14.9. The van der Waals surface area contributed by atoms with Gasteiger partial charge in [0, 0.05) is 5.56 Å². The van der Waals surface area contributed by atoms with Gasteiger partial charge in [-0.05, 0) is 49.1 Å². The molecule has 0 aromatic heterocycles. The summed E-state index contributed by atoms with van der Waals surface area (Å²) in [6, 6.07) is 8.91. The van der Waals surface area contributed by atoms with Gasteiger partial charge in [-0.25, -0.2) is 18.4 Å². The fraction of sp³-hybridized carbons (Fsp3) is 0.467. The first-order chi connectivity index (χ1) is 18.4. The molecule has 2 atom stereocenters. The van der Waals surface area contributed by atoms with Crippen LogP contribution in [0.1, 0.15) is 81.4 Å². The third kappa shape index (κ3) is 7.86. The summed E-state index contributed by atoms with van der Waals surface area (Å²) in [5, 5.41) is 0. The first-order valence-electron chi connectivity index (χ1n) is 13.1. The molecular weight excluding hydrogens is 494 g/mol. The van der Waals surface area contributed by atoms with E-state index in [2.05, 4.69) is 11.8 Å². The van der Waals surface area contributed by atoms with Gasteiger partial charge in [0.15, 0.2) is 18.5 Å². The van der Waals surface area contributed by atoms with Crippen LogP contribution in [0.5, 0.6) is 0 Å². The van der Waals surface area contributed by atoms with Gasteiger partial charge in [0.05, 0.1) is 24.3 Å². The molecule has 0 saturated carbocycles. The van der Waals surface area contributed by atoms with E-state index in [9.17, 15) is 18.4 Å². The number of benzene rings is 2. The molecule has 0 unspecified atom stereocenters. The van der Waals surface area contributed by atoms with Crippen LogP contribution in [0.15, 0.2) is 36.4 Å². The lowest BCUT2D eigenvalue weighted by Gasteiger charge is -2.14. The molecule has 204 valence electrons. The van der Waals surface area contributed by atoms with E-state index in [-0.39, 0.29) is 29.9 Å². The highest BCUT2D eigenvalue weighted by Crippen LogP contribution is 2.33. The van der Waals surface area contributed by atoms with Crippen LogP contribution >= 0.6 is 0 Å². The van der Waals surface area contributed by atoms with Gasteiger partial charge < -0.3 is 18.9 Å². The molecule has 1 saturated heterocycles. The number of hydrogen-bond acceptors (Lipinski definition) is 6. The van der Waals surface area contributed by atoms with Gasteiger partial charge in [-0.15, -0.1) is 0 Å². The topological polar surface area (TPSA) is 71.1 Å². The zero-order chi connectivity index (χ0) is 27.5. The van der Waals surface area contributed by atoms with Crippen LogP contribution in [0.25, 0.3) is 0 Å². The number of ether oxygens (including phenoxy) is 4. The molecule has 1 aliphatic heterocycles. The quantitative estimate of drug-likeness (QED) is 0.209. The monoisotopic (exact) mass is 528 g/mol. The highest BCUT2D eigenvalue weighted by atomic mass is 19.1. The summed E-state index contributed by atoms with van der Waals surface area (Å²) in [7, 11) is 0. The Morgan fingerprint density at radius 1 is 0.789 bits per heavy atom. The Labute approximate surface area is 222 Å². The van der Waals surface area contributed by atoms with Crippen molar-refractivity contribution in [2.75, 3.05) is 13.2 Å². The number of unbranched alkanes of at least 4 members (excludes halogenated alkanes) is 2. The van der Waals surface area contributed by atoms with Crippen LogP contribution in [0.3, 0.4) is 0 Å². The van der Waals surface area contributed by atoms with E-state index in [1.807, 2.05) is 20.8 Å². The molecule has 2 aromatic carbocycles. The Kier molecular flexibility index (Phi) is 11.3. The highest BCUT2D eigenvalue weighted by molar-refractivity contribution is 5.86. The molecule has 0 spiro atoms. The van der Waals surface area contributed by atoms with Crippen molar-refractivity contribution in [3.05, 3.63) is 70.3 Å². The lowest BCUT2D eigenvalue weighted by Crippen LogP contribution is -2.39. The Morgan fingerprint density at radius 2 is 1.32 bits per heavy atom. The fourth-order valence-electron chi connectivity index (χ4n) is 3.77. The number of halogens is 2. The third-order valence-corrected chi connectivity index (χ3v) is 5.93. The summed E-state index contributed by atoms with van der Waals surface area (Å²) in [6.45, 7) is 6.28. The lowest BCUT2D eigenvalue weighted by atomic mass is 10.1. The maximum Gasteiger partial charge on any atom is 0.338 e. The molecular formula is C30H34F2O6. The molecule has 2 aromatic rings. The zero-order valence-electron chi connectivity index (χ0n) is 22.1. The molecule has 6 nitrogen and oxygen atoms in total. The minimum Gasteiger partial charge on any atom is -0.464 e. The van der Waals surface area contributed by atoms with Gasteiger partial charge in [-0.1, -0.05) is 64.0 Å². The number of carbonyl (C=O) groups excluding carboxylic acids is 2. The Hall–Kier alpha value is -3.28. The SMILES string of the molecule is CCCCOC(=O)[C@@H]1OC(c2ccc(C#Cc3ccc(CCC)cc3F)c(F)c2)O[C@H]1C(=O)OCCCC. The molecule has 0 N–H and O–H groups in total. The van der Waals surface area contributed by atoms with E-state index in [1.165, 1.54) is 18.2 Å². The summed E-state index contributed by atoms with van der Waals surface area (Å²) in [4.78, 5) is 25.2. The van der Waals surface area contributed by atoms with Crippen molar-refractivity contribution in [3.8, 4) is 11.8 Å². The van der Waals surface area contributed by atoms with Crippen molar-refractivity contribution in [1.29, 1.82) is 0 Å². The van der Waals surface area contributed by atoms with E-state index >= 15 is 0 Å². The predicted octanol–water partition coefficient (Wildman–Crippen LogP) is 5.79. The van der Waals surface area contributed by atoms with E-state index in [4.69, 9.17) is 18.9 Å². The maximum absolute atomic E-state index is 14.9. The van der Waals surface area contributed by atoms with Gasteiger partial charge in [0.2, 0.25) is 0 Å². The van der Waals surface area contributed by atoms with Gasteiger partial charge >= 0.3 is 11.9 Å². The molecule has 0 aliphatic carbocycles. The van der Waals surface area contributed by atoms with Crippen molar-refractivity contribution >= 4 is 11.9 Å². The zero-order valence-corrected chi connectivity index (χ0v) is 22.1. The van der Waals surface area contributed by atoms with Crippen molar-refractivity contribution < 1.29 is 37.3 Å². The smallest absolute Gasteiger partial charge is 0.338 e. The summed E-state index contributed by atoms with van der Waals surface area (Å²) in [5.41, 5.74) is 1.35. The first-order valence-corrected chi connectivity index (χ1v) is 13.1. The van der Waals surface area contributed by atoms with E-state index < -0.39 is 42.1 Å². The standard InChI is InChI=1S/C30H34F2O6/c1-4-7-16-35-28(33)26-27(29(34)36-17-8-5-2)38-30(37-26)23-15-14-22(25(32)19-23)13-12-21-11-10-20(9-6-3)18-24(21)31/h10-11,14-15,18-19,26-27,30H,4-9,16-17H2,1-3H3/t26-,27-/m1/s1. The lowest BCUT2D eigenvalue weighted by molar-refractivity contribution is -0.163. The predicted molar refractivity (Wildman–Crippen MR) is 137 cm³/mol. The van der Waals surface area contributed by atoms with Crippen molar-refractivity contribution in [3.63, 3.8) is 0 Å². The van der Waals surface area contributed by atoms with Crippen LogP contribution < -0.4 is 0 Å². The largest absolute Gasteiger partial charge is 0.464 e. The number of rotatable bonds is 11. The second kappa shape index (κ2) is 14.6. The van der Waals surface area contributed by atoms with Gasteiger partial charge in [-0.2, -0.15) is 0 Å². The van der Waals surface area contributed by atoms with Crippen molar-refractivity contribution in [2.24, 2.45) is 0 Å². The summed E-state index contributed by atoms with van der Waals surface area (Å²) in [5.74, 6) is 2.71. The average molecular weight is 529 g/mol. The molecule has 38 heavy (non-hydrogen) atoms. The number of aryl methyl sites for hydroxylation is 1. The Balaban J connectivity index is 1.76. The van der Waals surface area contributed by atoms with Crippen LogP contribution in [0, 0.1) is 23.5 Å². The second-order valence-electron chi connectivity index (χ2n) is 9.04. The summed E-state index contributed by atoms with van der Waals surface area (Å²) >= 11 is 0. The van der Waals surface area contributed by atoms with E-state index in [1.54, 1.807) is 12.1 Å². The van der Waals surface area contributed by atoms with Crippen molar-refractivity contribution in [2.45, 2.75) is 77.8 Å². The molecule has 1 aliphatic rings. The number of esters is 2. The normalized spacial score (nSPS) is 17.1. The van der Waals surface area contributed by atoms with Crippen LogP contribution in [0.2, 0.25) is 0 Å². The number of hydrogen-bond donors (Lipinski definition) is 0. The van der Waals surface area contributed by atoms with Crippen molar-refractivity contribution in [1.82, 2.24) is 0 Å². The van der Waals surface area contributed by atoms with E-state index in [0.29, 0.717) is 12.8 Å². The molecule has 3 rings (SSSR count). The molecule has 0 amide bonds. The van der Waals surface area contributed by atoms with Crippen LogP contribution in [-0.2, 0) is 35.0 Å². The summed E-state index contributed by atoms with van der Waals surface area (Å²) < 4.78 is 51.1. The minimum absolute atomic E-state index is 0.0508. The minimum atomic E-state index is -1.34.